The lowest BCUT2D eigenvalue weighted by molar-refractivity contribution is -0.140. The maximum Gasteiger partial charge on any atom is 0.257 e. The first-order chi connectivity index (χ1) is 14.3. The van der Waals surface area contributed by atoms with Crippen LogP contribution in [-0.2, 0) is 18.4 Å². The fourth-order valence-electron chi connectivity index (χ4n) is 3.75. The van der Waals surface area contributed by atoms with E-state index in [2.05, 4.69) is 43.2 Å². The van der Waals surface area contributed by atoms with E-state index in [4.69, 9.17) is 0 Å². The van der Waals surface area contributed by atoms with E-state index < -0.39 is 0 Å². The zero-order valence-electron chi connectivity index (χ0n) is 17.8. The first-order valence-corrected chi connectivity index (χ1v) is 10.1. The number of β-lactam (4-membered cyclic amide) rings is 1. The van der Waals surface area contributed by atoms with Crippen LogP contribution in [0.2, 0.25) is 0 Å². The van der Waals surface area contributed by atoms with Gasteiger partial charge < -0.3 is 9.47 Å². The van der Waals surface area contributed by atoms with Gasteiger partial charge in [0.15, 0.2) is 0 Å². The molecule has 1 aliphatic heterocycles. The molecule has 0 atom stereocenters. The Morgan fingerprint density at radius 2 is 1.87 bits per heavy atom. The Morgan fingerprint density at radius 1 is 1.10 bits per heavy atom. The fraction of sp³-hybridized carbons (Fsp3) is 0.292. The zero-order chi connectivity index (χ0) is 21.4. The quantitative estimate of drug-likeness (QED) is 0.656. The maximum atomic E-state index is 12.8. The smallest absolute Gasteiger partial charge is 0.257 e. The molecule has 1 N–H and O–H groups in total. The van der Waals surface area contributed by atoms with Gasteiger partial charge in [-0.2, -0.15) is 0 Å². The molecule has 2 aromatic carbocycles. The summed E-state index contributed by atoms with van der Waals surface area (Å²) in [6, 6.07) is 11.7. The average Bonchev–Trinajstić information content (AvgIpc) is 3.08. The molecule has 4 rings (SSSR count). The molecule has 2 heterocycles. The van der Waals surface area contributed by atoms with E-state index in [1.165, 1.54) is 16.7 Å². The number of nitrogens with zero attached hydrogens (tertiary/aromatic N) is 3. The highest BCUT2D eigenvalue weighted by Crippen LogP contribution is 2.28. The van der Waals surface area contributed by atoms with Crippen molar-refractivity contribution in [2.24, 2.45) is 7.05 Å². The van der Waals surface area contributed by atoms with Crippen LogP contribution in [0.4, 0.5) is 5.95 Å². The van der Waals surface area contributed by atoms with Crippen molar-refractivity contribution in [2.45, 2.75) is 33.7 Å². The average molecular weight is 402 g/mol. The van der Waals surface area contributed by atoms with Crippen LogP contribution in [0.5, 0.6) is 0 Å². The lowest BCUT2D eigenvalue weighted by Gasteiger charge is -2.30. The van der Waals surface area contributed by atoms with Gasteiger partial charge in [-0.1, -0.05) is 18.2 Å². The fourth-order valence-corrected chi connectivity index (χ4v) is 3.75. The van der Waals surface area contributed by atoms with Gasteiger partial charge in [0.1, 0.15) is 0 Å². The number of rotatable bonds is 5. The summed E-state index contributed by atoms with van der Waals surface area (Å²) in [4.78, 5) is 30.6. The molecule has 6 heteroatoms. The molecule has 0 aliphatic carbocycles. The van der Waals surface area contributed by atoms with Gasteiger partial charge >= 0.3 is 0 Å². The second-order valence-electron chi connectivity index (χ2n) is 8.00. The monoisotopic (exact) mass is 402 g/mol. The van der Waals surface area contributed by atoms with Crippen molar-refractivity contribution in [3.8, 4) is 11.3 Å². The minimum Gasteiger partial charge on any atom is -0.338 e. The Kier molecular flexibility index (Phi) is 5.16. The standard InChI is InChI=1S/C24H26N4O2/c1-15-10-17(3)20(11-16(15)2)21-13-25-24(27(21)4)26-23(30)19-7-5-6-18(12-19)14-28-9-8-22(28)29/h5-7,10-13H,8-9,14H2,1-4H3,(H,25,26,30). The van der Waals surface area contributed by atoms with Crippen molar-refractivity contribution >= 4 is 17.8 Å². The molecule has 1 aromatic heterocycles. The van der Waals surface area contributed by atoms with Crippen LogP contribution < -0.4 is 5.32 Å². The van der Waals surface area contributed by atoms with E-state index in [0.29, 0.717) is 24.5 Å². The lowest BCUT2D eigenvalue weighted by Crippen LogP contribution is -2.42. The lowest BCUT2D eigenvalue weighted by atomic mass is 9.99. The summed E-state index contributed by atoms with van der Waals surface area (Å²) in [5.41, 5.74) is 7.21. The van der Waals surface area contributed by atoms with Gasteiger partial charge in [-0.05, 0) is 61.2 Å². The summed E-state index contributed by atoms with van der Waals surface area (Å²) < 4.78 is 1.90. The molecule has 2 amide bonds. The summed E-state index contributed by atoms with van der Waals surface area (Å²) in [7, 11) is 1.90. The van der Waals surface area contributed by atoms with Gasteiger partial charge in [-0.25, -0.2) is 4.98 Å². The predicted molar refractivity (Wildman–Crippen MR) is 117 cm³/mol. The van der Waals surface area contributed by atoms with Crippen molar-refractivity contribution in [2.75, 3.05) is 11.9 Å². The molecule has 154 valence electrons. The number of hydrogen-bond donors (Lipinski definition) is 1. The third kappa shape index (κ3) is 3.73. The van der Waals surface area contributed by atoms with Crippen molar-refractivity contribution in [1.82, 2.24) is 14.5 Å². The number of nitrogens with one attached hydrogen (secondary N) is 1. The molecular weight excluding hydrogens is 376 g/mol. The minimum absolute atomic E-state index is 0.159. The van der Waals surface area contributed by atoms with Gasteiger partial charge in [0.2, 0.25) is 11.9 Å². The van der Waals surface area contributed by atoms with Gasteiger partial charge in [-0.15, -0.1) is 0 Å². The second-order valence-corrected chi connectivity index (χ2v) is 8.00. The third-order valence-electron chi connectivity index (χ3n) is 5.84. The number of benzene rings is 2. The SMILES string of the molecule is Cc1cc(C)c(-c2cnc(NC(=O)c3cccc(CN4CCC4=O)c3)n2C)cc1C. The van der Waals surface area contributed by atoms with Crippen molar-refractivity contribution in [3.63, 3.8) is 0 Å². The number of amides is 2. The largest absolute Gasteiger partial charge is 0.338 e. The number of likely N-dealkylation sites (tertiary alicyclic amines) is 1. The van der Waals surface area contributed by atoms with Crippen molar-refractivity contribution < 1.29 is 9.59 Å². The molecule has 3 aromatic rings. The van der Waals surface area contributed by atoms with E-state index >= 15 is 0 Å². The molecule has 0 saturated carbocycles. The van der Waals surface area contributed by atoms with E-state index in [0.717, 1.165) is 23.4 Å². The molecule has 30 heavy (non-hydrogen) atoms. The highest BCUT2D eigenvalue weighted by molar-refractivity contribution is 6.03. The minimum atomic E-state index is -0.219. The van der Waals surface area contributed by atoms with Crippen molar-refractivity contribution in [3.05, 3.63) is 70.4 Å². The normalized spacial score (nSPS) is 13.3. The first-order valence-electron chi connectivity index (χ1n) is 10.1. The molecule has 0 unspecified atom stereocenters. The van der Waals surface area contributed by atoms with Gasteiger partial charge in [0.25, 0.3) is 5.91 Å². The van der Waals surface area contributed by atoms with Crippen LogP contribution in [0.15, 0.2) is 42.6 Å². The van der Waals surface area contributed by atoms with E-state index in [9.17, 15) is 9.59 Å². The molecule has 1 fully saturated rings. The number of anilines is 1. The molecule has 0 radical (unpaired) electrons. The van der Waals surface area contributed by atoms with Crippen LogP contribution in [0, 0.1) is 20.8 Å². The Bertz CT molecular complexity index is 1150. The Morgan fingerprint density at radius 3 is 2.57 bits per heavy atom. The number of carbonyl (C=O) groups excluding carboxylic acids is 2. The van der Waals surface area contributed by atoms with Crippen LogP contribution in [0.3, 0.4) is 0 Å². The third-order valence-corrected chi connectivity index (χ3v) is 5.84. The summed E-state index contributed by atoms with van der Waals surface area (Å²) in [6.45, 7) is 7.61. The molecule has 1 saturated heterocycles. The molecule has 0 bridgehead atoms. The van der Waals surface area contributed by atoms with E-state index in [-0.39, 0.29) is 11.8 Å². The molecular formula is C24H26N4O2. The van der Waals surface area contributed by atoms with Crippen LogP contribution in [0.1, 0.15) is 39.0 Å². The van der Waals surface area contributed by atoms with E-state index in [1.807, 2.05) is 29.8 Å². The molecule has 0 spiro atoms. The Labute approximate surface area is 176 Å². The zero-order valence-corrected chi connectivity index (χ0v) is 17.8. The van der Waals surface area contributed by atoms with E-state index in [1.54, 1.807) is 17.2 Å². The predicted octanol–water partition coefficient (Wildman–Crippen LogP) is 4.00. The van der Waals surface area contributed by atoms with Gasteiger partial charge in [0.05, 0.1) is 11.9 Å². The summed E-state index contributed by atoms with van der Waals surface area (Å²) in [5, 5.41) is 2.91. The number of aryl methyl sites for hydroxylation is 3. The number of imidazole rings is 1. The van der Waals surface area contributed by atoms with Gasteiger partial charge in [0, 0.05) is 37.7 Å². The first kappa shape index (κ1) is 19.9. The van der Waals surface area contributed by atoms with Gasteiger partial charge in [-0.3, -0.25) is 14.9 Å². The van der Waals surface area contributed by atoms with Crippen molar-refractivity contribution in [1.29, 1.82) is 0 Å². The van der Waals surface area contributed by atoms with Crippen LogP contribution >= 0.6 is 0 Å². The van der Waals surface area contributed by atoms with Crippen LogP contribution in [0.25, 0.3) is 11.3 Å². The Hall–Kier alpha value is -3.41. The van der Waals surface area contributed by atoms with Crippen LogP contribution in [-0.4, -0.2) is 32.8 Å². The highest BCUT2D eigenvalue weighted by atomic mass is 16.2. The Balaban J connectivity index is 1.53. The highest BCUT2D eigenvalue weighted by Gasteiger charge is 2.23. The second kappa shape index (κ2) is 7.78. The summed E-state index contributed by atoms with van der Waals surface area (Å²) >= 11 is 0. The topological polar surface area (TPSA) is 67.2 Å². The summed E-state index contributed by atoms with van der Waals surface area (Å²) in [6.07, 6.45) is 2.40. The number of aromatic nitrogens is 2. The molecule has 6 nitrogen and oxygen atoms in total. The number of hydrogen-bond acceptors (Lipinski definition) is 3. The summed E-state index contributed by atoms with van der Waals surface area (Å²) in [5.74, 6) is 0.437. The molecule has 1 aliphatic rings. The maximum absolute atomic E-state index is 12.8. The number of carbonyl (C=O) groups is 2.